The molecule has 2 aliphatic rings. The first kappa shape index (κ1) is 18.3. The van der Waals surface area contributed by atoms with Gasteiger partial charge in [0, 0.05) is 13.0 Å². The molecule has 2 heterocycles. The lowest BCUT2D eigenvalue weighted by atomic mass is 9.75. The number of hydrogen-bond acceptors (Lipinski definition) is 3. The Balaban J connectivity index is 1.77. The van der Waals surface area contributed by atoms with E-state index in [9.17, 15) is 13.6 Å². The third-order valence-corrected chi connectivity index (χ3v) is 5.43. The summed E-state index contributed by atoms with van der Waals surface area (Å²) in [5.74, 6) is -3.07. The largest absolute Gasteiger partial charge is 0.495 e. The summed E-state index contributed by atoms with van der Waals surface area (Å²) in [4.78, 5) is 13.7. The van der Waals surface area contributed by atoms with Gasteiger partial charge < -0.3 is 14.2 Å². The molecule has 7 heteroatoms. The number of rotatable bonds is 3. The number of amides is 1. The van der Waals surface area contributed by atoms with Crippen LogP contribution >= 0.6 is 0 Å². The summed E-state index contributed by atoms with van der Waals surface area (Å²) in [7, 11) is -0.575. The van der Waals surface area contributed by atoms with E-state index < -0.39 is 30.8 Å². The van der Waals surface area contributed by atoms with Gasteiger partial charge >= 0.3 is 7.12 Å². The molecule has 2 saturated heterocycles. The molecule has 1 amide bonds. The highest BCUT2D eigenvalue weighted by Gasteiger charge is 2.52. The third-order valence-electron chi connectivity index (χ3n) is 5.43. The molecule has 0 radical (unpaired) electrons. The van der Waals surface area contributed by atoms with Gasteiger partial charge in [0.05, 0.1) is 24.2 Å². The van der Waals surface area contributed by atoms with Gasteiger partial charge in [-0.2, -0.15) is 0 Å². The van der Waals surface area contributed by atoms with E-state index >= 15 is 0 Å². The standard InChI is InChI=1S/C18H24BF2NO3/c1-16(2)17(3,4)25-19(24-16)14-8-6-5-7-13(14)11-15(23)22-10-9-18(20,21)12-22/h5-8H,9-12H2,1-4H3. The van der Waals surface area contributed by atoms with Gasteiger partial charge in [0.2, 0.25) is 5.91 Å². The van der Waals surface area contributed by atoms with Gasteiger partial charge in [0.1, 0.15) is 0 Å². The molecule has 2 fully saturated rings. The highest BCUT2D eigenvalue weighted by atomic mass is 19.3. The van der Waals surface area contributed by atoms with E-state index in [-0.39, 0.29) is 25.3 Å². The van der Waals surface area contributed by atoms with Crippen LogP contribution in [0.15, 0.2) is 24.3 Å². The molecule has 0 aromatic heterocycles. The second-order valence-corrected chi connectivity index (χ2v) is 7.89. The molecule has 25 heavy (non-hydrogen) atoms. The lowest BCUT2D eigenvalue weighted by Crippen LogP contribution is -2.41. The second-order valence-electron chi connectivity index (χ2n) is 7.89. The van der Waals surface area contributed by atoms with E-state index in [2.05, 4.69) is 0 Å². The molecule has 4 nitrogen and oxygen atoms in total. The minimum Gasteiger partial charge on any atom is -0.399 e. The van der Waals surface area contributed by atoms with E-state index in [4.69, 9.17) is 9.31 Å². The van der Waals surface area contributed by atoms with Crippen LogP contribution in [0.3, 0.4) is 0 Å². The predicted molar refractivity (Wildman–Crippen MR) is 92.0 cm³/mol. The van der Waals surface area contributed by atoms with Crippen molar-refractivity contribution in [2.24, 2.45) is 0 Å². The van der Waals surface area contributed by atoms with Crippen molar-refractivity contribution in [3.8, 4) is 0 Å². The molecular weight excluding hydrogens is 327 g/mol. The summed E-state index contributed by atoms with van der Waals surface area (Å²) in [5.41, 5.74) is 0.569. The Morgan fingerprint density at radius 2 is 1.76 bits per heavy atom. The first-order valence-electron chi connectivity index (χ1n) is 8.60. The Morgan fingerprint density at radius 3 is 2.32 bits per heavy atom. The lowest BCUT2D eigenvalue weighted by molar-refractivity contribution is -0.130. The Kier molecular flexibility index (Phi) is 4.44. The zero-order valence-electron chi connectivity index (χ0n) is 15.1. The average molecular weight is 351 g/mol. The maximum absolute atomic E-state index is 13.4. The molecule has 2 aliphatic heterocycles. The van der Waals surface area contributed by atoms with E-state index in [1.807, 2.05) is 52.0 Å². The summed E-state index contributed by atoms with van der Waals surface area (Å²) in [6, 6.07) is 7.38. The normalized spacial score (nSPS) is 23.9. The third kappa shape index (κ3) is 3.58. The fraction of sp³-hybridized carbons (Fsp3) is 0.611. The number of halogens is 2. The minimum atomic E-state index is -2.78. The van der Waals surface area contributed by atoms with Gasteiger partial charge in [-0.1, -0.05) is 24.3 Å². The van der Waals surface area contributed by atoms with Crippen molar-refractivity contribution in [1.29, 1.82) is 0 Å². The smallest absolute Gasteiger partial charge is 0.399 e. The first-order valence-corrected chi connectivity index (χ1v) is 8.60. The number of likely N-dealkylation sites (tertiary alicyclic amines) is 1. The number of carbonyl (C=O) groups is 1. The molecular formula is C18H24BF2NO3. The molecule has 0 spiro atoms. The van der Waals surface area contributed by atoms with Crippen LogP contribution < -0.4 is 5.46 Å². The van der Waals surface area contributed by atoms with Crippen molar-refractivity contribution in [2.45, 2.75) is 57.7 Å². The number of nitrogens with zero attached hydrogens (tertiary/aromatic N) is 1. The molecule has 0 saturated carbocycles. The molecule has 3 rings (SSSR count). The Morgan fingerprint density at radius 1 is 1.16 bits per heavy atom. The number of alkyl halides is 2. The van der Waals surface area contributed by atoms with Crippen molar-refractivity contribution in [2.75, 3.05) is 13.1 Å². The fourth-order valence-electron chi connectivity index (χ4n) is 3.12. The molecule has 1 aromatic rings. The summed E-state index contributed by atoms with van der Waals surface area (Å²) in [5, 5.41) is 0. The van der Waals surface area contributed by atoms with Crippen molar-refractivity contribution in [3.05, 3.63) is 29.8 Å². The molecule has 0 aliphatic carbocycles. The Hall–Kier alpha value is -1.47. The van der Waals surface area contributed by atoms with Crippen LogP contribution in [0.2, 0.25) is 0 Å². The summed E-state index contributed by atoms with van der Waals surface area (Å²) >= 11 is 0. The fourth-order valence-corrected chi connectivity index (χ4v) is 3.12. The van der Waals surface area contributed by atoms with E-state index in [1.54, 1.807) is 0 Å². The van der Waals surface area contributed by atoms with Crippen molar-refractivity contribution < 1.29 is 22.9 Å². The number of carbonyl (C=O) groups excluding carboxylic acids is 1. The van der Waals surface area contributed by atoms with Crippen LogP contribution in [-0.2, 0) is 20.5 Å². The molecule has 1 aromatic carbocycles. The van der Waals surface area contributed by atoms with Crippen LogP contribution in [0.25, 0.3) is 0 Å². The zero-order valence-corrected chi connectivity index (χ0v) is 15.1. The summed E-state index contributed by atoms with van der Waals surface area (Å²) in [6.45, 7) is 7.47. The van der Waals surface area contributed by atoms with Crippen LogP contribution in [0.5, 0.6) is 0 Å². The van der Waals surface area contributed by atoms with Crippen LogP contribution in [0, 0.1) is 0 Å². The maximum atomic E-state index is 13.4. The Bertz CT molecular complexity index is 662. The van der Waals surface area contributed by atoms with Crippen molar-refractivity contribution in [3.63, 3.8) is 0 Å². The van der Waals surface area contributed by atoms with Gasteiger partial charge in [-0.15, -0.1) is 0 Å². The minimum absolute atomic E-state index is 0.0658. The number of benzene rings is 1. The second kappa shape index (κ2) is 6.06. The van der Waals surface area contributed by atoms with E-state index in [0.29, 0.717) is 0 Å². The highest BCUT2D eigenvalue weighted by Crippen LogP contribution is 2.36. The average Bonchev–Trinajstić information content (AvgIpc) is 2.96. The SMILES string of the molecule is CC1(C)OB(c2ccccc2CC(=O)N2CCC(F)(F)C2)OC1(C)C. The Labute approximate surface area is 147 Å². The summed E-state index contributed by atoms with van der Waals surface area (Å²) in [6.07, 6.45) is -0.200. The molecule has 0 atom stereocenters. The van der Waals surface area contributed by atoms with Crippen molar-refractivity contribution in [1.82, 2.24) is 4.90 Å². The van der Waals surface area contributed by atoms with Gasteiger partial charge in [-0.3, -0.25) is 4.79 Å². The highest BCUT2D eigenvalue weighted by molar-refractivity contribution is 6.62. The van der Waals surface area contributed by atoms with Gasteiger partial charge in [0.25, 0.3) is 5.92 Å². The van der Waals surface area contributed by atoms with Gasteiger partial charge in [-0.25, -0.2) is 8.78 Å². The maximum Gasteiger partial charge on any atom is 0.495 e. The zero-order chi connectivity index (χ0) is 18.5. The van der Waals surface area contributed by atoms with Crippen LogP contribution in [0.1, 0.15) is 39.7 Å². The van der Waals surface area contributed by atoms with Crippen LogP contribution in [-0.4, -0.2) is 48.1 Å². The number of hydrogen-bond donors (Lipinski definition) is 0. The first-order chi connectivity index (χ1) is 11.5. The van der Waals surface area contributed by atoms with Gasteiger partial charge in [-0.05, 0) is 38.7 Å². The summed E-state index contributed by atoms with van der Waals surface area (Å²) < 4.78 is 38.8. The van der Waals surface area contributed by atoms with Crippen LogP contribution in [0.4, 0.5) is 8.78 Å². The molecule has 136 valence electrons. The molecule has 0 N–H and O–H groups in total. The van der Waals surface area contributed by atoms with E-state index in [1.165, 1.54) is 4.90 Å². The lowest BCUT2D eigenvalue weighted by Gasteiger charge is -2.32. The topological polar surface area (TPSA) is 38.8 Å². The quantitative estimate of drug-likeness (QED) is 0.785. The predicted octanol–water partition coefficient (Wildman–Crippen LogP) is 2.40. The van der Waals surface area contributed by atoms with Gasteiger partial charge in [0.15, 0.2) is 0 Å². The van der Waals surface area contributed by atoms with Crippen molar-refractivity contribution >= 4 is 18.5 Å². The molecule has 0 unspecified atom stereocenters. The van der Waals surface area contributed by atoms with E-state index in [0.717, 1.165) is 11.0 Å². The molecule has 0 bridgehead atoms. The monoisotopic (exact) mass is 351 g/mol.